The van der Waals surface area contributed by atoms with Gasteiger partial charge in [0.05, 0.1) is 30.8 Å². The van der Waals surface area contributed by atoms with Crippen LogP contribution in [0.15, 0.2) is 24.3 Å². The maximum absolute atomic E-state index is 10.9. The highest BCUT2D eigenvalue weighted by atomic mass is 16.6. The summed E-state index contributed by atoms with van der Waals surface area (Å²) in [6, 6.07) is 6.62. The van der Waals surface area contributed by atoms with E-state index in [0.717, 1.165) is 0 Å². The number of benzene rings is 1. The Morgan fingerprint density at radius 3 is 3.00 bits per heavy atom. The van der Waals surface area contributed by atoms with E-state index in [1.54, 1.807) is 18.2 Å². The first-order valence-electron chi connectivity index (χ1n) is 5.87. The molecule has 6 heteroatoms. The molecule has 1 aliphatic rings. The standard InChI is InChI=1S/C12H16N2O4/c15-8-11-9-18-6-5-13(11)7-10-3-1-2-4-12(10)14(16)17/h1-4,11,15H,5-9H2. The first-order valence-corrected chi connectivity index (χ1v) is 5.87. The Morgan fingerprint density at radius 2 is 2.28 bits per heavy atom. The van der Waals surface area contributed by atoms with Gasteiger partial charge in [0, 0.05) is 24.7 Å². The van der Waals surface area contributed by atoms with Crippen LogP contribution in [-0.2, 0) is 11.3 Å². The molecule has 0 radical (unpaired) electrons. The fourth-order valence-electron chi connectivity index (χ4n) is 2.11. The lowest BCUT2D eigenvalue weighted by Gasteiger charge is -2.34. The van der Waals surface area contributed by atoms with Gasteiger partial charge in [-0.2, -0.15) is 0 Å². The number of hydrogen-bond acceptors (Lipinski definition) is 5. The maximum Gasteiger partial charge on any atom is 0.273 e. The van der Waals surface area contributed by atoms with Crippen molar-refractivity contribution in [1.29, 1.82) is 0 Å². The van der Waals surface area contributed by atoms with Crippen LogP contribution >= 0.6 is 0 Å². The van der Waals surface area contributed by atoms with Gasteiger partial charge < -0.3 is 9.84 Å². The average molecular weight is 252 g/mol. The van der Waals surface area contributed by atoms with Crippen molar-refractivity contribution in [3.8, 4) is 0 Å². The number of hydrogen-bond donors (Lipinski definition) is 1. The van der Waals surface area contributed by atoms with Gasteiger partial charge in [-0.1, -0.05) is 18.2 Å². The Morgan fingerprint density at radius 1 is 1.50 bits per heavy atom. The Kier molecular flexibility index (Phi) is 4.24. The maximum atomic E-state index is 10.9. The Hall–Kier alpha value is -1.50. The lowest BCUT2D eigenvalue weighted by atomic mass is 10.1. The zero-order valence-corrected chi connectivity index (χ0v) is 9.99. The van der Waals surface area contributed by atoms with E-state index in [4.69, 9.17) is 4.74 Å². The summed E-state index contributed by atoms with van der Waals surface area (Å²) < 4.78 is 5.28. The number of aliphatic hydroxyl groups excluding tert-OH is 1. The topological polar surface area (TPSA) is 75.8 Å². The van der Waals surface area contributed by atoms with Crippen LogP contribution in [0, 0.1) is 10.1 Å². The molecule has 6 nitrogen and oxygen atoms in total. The normalized spacial score (nSPS) is 20.8. The highest BCUT2D eigenvalue weighted by Gasteiger charge is 2.24. The first-order chi connectivity index (χ1) is 8.72. The van der Waals surface area contributed by atoms with Gasteiger partial charge in [0.25, 0.3) is 5.69 Å². The van der Waals surface area contributed by atoms with Gasteiger partial charge in [0.1, 0.15) is 0 Å². The van der Waals surface area contributed by atoms with Crippen molar-refractivity contribution < 1.29 is 14.8 Å². The van der Waals surface area contributed by atoms with Crippen molar-refractivity contribution in [3.05, 3.63) is 39.9 Å². The third-order valence-corrected chi connectivity index (χ3v) is 3.12. The third kappa shape index (κ3) is 2.84. The second-order valence-electron chi connectivity index (χ2n) is 4.27. The van der Waals surface area contributed by atoms with E-state index in [1.165, 1.54) is 6.07 Å². The van der Waals surface area contributed by atoms with E-state index >= 15 is 0 Å². The van der Waals surface area contributed by atoms with Gasteiger partial charge in [0.2, 0.25) is 0 Å². The zero-order chi connectivity index (χ0) is 13.0. The van der Waals surface area contributed by atoms with E-state index in [1.807, 2.05) is 4.90 Å². The second-order valence-corrected chi connectivity index (χ2v) is 4.27. The molecule has 0 spiro atoms. The second kappa shape index (κ2) is 5.90. The van der Waals surface area contributed by atoms with E-state index in [-0.39, 0.29) is 23.3 Å². The summed E-state index contributed by atoms with van der Waals surface area (Å²) in [7, 11) is 0. The minimum Gasteiger partial charge on any atom is -0.395 e. The molecule has 18 heavy (non-hydrogen) atoms. The molecule has 1 aliphatic heterocycles. The predicted octanol–water partition coefficient (Wildman–Crippen LogP) is 0.788. The highest BCUT2D eigenvalue weighted by Crippen LogP contribution is 2.21. The van der Waals surface area contributed by atoms with Gasteiger partial charge in [-0.05, 0) is 0 Å². The summed E-state index contributed by atoms with van der Waals surface area (Å²) in [6.45, 7) is 2.21. The van der Waals surface area contributed by atoms with E-state index < -0.39 is 0 Å². The van der Waals surface area contributed by atoms with Gasteiger partial charge in [-0.15, -0.1) is 0 Å². The van der Waals surface area contributed by atoms with Crippen molar-refractivity contribution in [1.82, 2.24) is 4.90 Å². The minimum atomic E-state index is -0.371. The van der Waals surface area contributed by atoms with Crippen molar-refractivity contribution in [2.75, 3.05) is 26.4 Å². The molecule has 1 heterocycles. The first kappa shape index (κ1) is 12.9. The quantitative estimate of drug-likeness (QED) is 0.633. The number of rotatable bonds is 4. The summed E-state index contributed by atoms with van der Waals surface area (Å²) in [5.41, 5.74) is 0.795. The Balaban J connectivity index is 2.15. The summed E-state index contributed by atoms with van der Waals surface area (Å²) in [6.07, 6.45) is 0. The van der Waals surface area contributed by atoms with Crippen LogP contribution in [0.1, 0.15) is 5.56 Å². The molecule has 1 atom stereocenters. The smallest absolute Gasteiger partial charge is 0.273 e. The van der Waals surface area contributed by atoms with Gasteiger partial charge in [-0.3, -0.25) is 15.0 Å². The monoisotopic (exact) mass is 252 g/mol. The largest absolute Gasteiger partial charge is 0.395 e. The fourth-order valence-corrected chi connectivity index (χ4v) is 2.11. The van der Waals surface area contributed by atoms with Crippen LogP contribution in [0.3, 0.4) is 0 Å². The molecule has 1 aromatic carbocycles. The Labute approximate surface area is 105 Å². The molecule has 0 bridgehead atoms. The van der Waals surface area contributed by atoms with E-state index in [9.17, 15) is 15.2 Å². The molecule has 2 rings (SSSR count). The highest BCUT2D eigenvalue weighted by molar-refractivity contribution is 5.39. The zero-order valence-electron chi connectivity index (χ0n) is 9.99. The average Bonchev–Trinajstić information content (AvgIpc) is 2.40. The van der Waals surface area contributed by atoms with Crippen molar-refractivity contribution in [2.24, 2.45) is 0 Å². The molecule has 0 amide bonds. The lowest BCUT2D eigenvalue weighted by molar-refractivity contribution is -0.385. The summed E-state index contributed by atoms with van der Waals surface area (Å²) >= 11 is 0. The van der Waals surface area contributed by atoms with Crippen molar-refractivity contribution in [3.63, 3.8) is 0 Å². The summed E-state index contributed by atoms with van der Waals surface area (Å²) in [5.74, 6) is 0. The Bertz CT molecular complexity index is 424. The molecule has 98 valence electrons. The molecule has 1 saturated heterocycles. The number of morpholine rings is 1. The number of para-hydroxylation sites is 1. The van der Waals surface area contributed by atoms with Crippen molar-refractivity contribution >= 4 is 5.69 Å². The third-order valence-electron chi connectivity index (χ3n) is 3.12. The van der Waals surface area contributed by atoms with Gasteiger partial charge >= 0.3 is 0 Å². The molecule has 1 N–H and O–H groups in total. The van der Waals surface area contributed by atoms with Crippen LogP contribution in [0.2, 0.25) is 0 Å². The van der Waals surface area contributed by atoms with Crippen LogP contribution < -0.4 is 0 Å². The number of nitrogens with zero attached hydrogens (tertiary/aromatic N) is 2. The van der Waals surface area contributed by atoms with Crippen LogP contribution in [0.25, 0.3) is 0 Å². The minimum absolute atomic E-state index is 0.000626. The molecule has 0 saturated carbocycles. The summed E-state index contributed by atoms with van der Waals surface area (Å²) in [4.78, 5) is 12.6. The number of nitro benzene ring substituents is 1. The number of nitro groups is 1. The molecule has 0 aliphatic carbocycles. The van der Waals surface area contributed by atoms with Crippen molar-refractivity contribution in [2.45, 2.75) is 12.6 Å². The van der Waals surface area contributed by atoms with Gasteiger partial charge in [-0.25, -0.2) is 0 Å². The molecule has 1 aromatic rings. The lowest BCUT2D eigenvalue weighted by Crippen LogP contribution is -2.46. The fraction of sp³-hybridized carbons (Fsp3) is 0.500. The van der Waals surface area contributed by atoms with Crippen LogP contribution in [0.4, 0.5) is 5.69 Å². The summed E-state index contributed by atoms with van der Waals surface area (Å²) in [5, 5.41) is 20.2. The van der Waals surface area contributed by atoms with Crippen LogP contribution in [0.5, 0.6) is 0 Å². The molecule has 1 unspecified atom stereocenters. The predicted molar refractivity (Wildman–Crippen MR) is 65.2 cm³/mol. The van der Waals surface area contributed by atoms with E-state index in [0.29, 0.717) is 31.9 Å². The molecular weight excluding hydrogens is 236 g/mol. The number of ether oxygens (including phenoxy) is 1. The number of aliphatic hydroxyl groups is 1. The molecule has 1 fully saturated rings. The van der Waals surface area contributed by atoms with Gasteiger partial charge in [0.15, 0.2) is 0 Å². The molecular formula is C12H16N2O4. The van der Waals surface area contributed by atoms with E-state index in [2.05, 4.69) is 0 Å². The molecule has 0 aromatic heterocycles. The SMILES string of the molecule is O=[N+]([O-])c1ccccc1CN1CCOCC1CO. The van der Waals surface area contributed by atoms with Crippen LogP contribution in [-0.4, -0.2) is 47.3 Å².